The second kappa shape index (κ2) is 5.73. The Bertz CT molecular complexity index is 529. The first-order valence-corrected chi connectivity index (χ1v) is 5.94. The number of hydrogen-bond donors (Lipinski definition) is 3. The summed E-state index contributed by atoms with van der Waals surface area (Å²) in [5, 5.41) is 26.8. The van der Waals surface area contributed by atoms with E-state index < -0.39 is 35.7 Å². The summed E-state index contributed by atoms with van der Waals surface area (Å²) in [6.45, 7) is 3.26. The van der Waals surface area contributed by atoms with E-state index in [1.165, 1.54) is 24.3 Å². The quantitative estimate of drug-likeness (QED) is 0.733. The molecule has 1 aromatic rings. The van der Waals surface area contributed by atoms with Crippen LogP contribution in [0.15, 0.2) is 24.3 Å². The van der Waals surface area contributed by atoms with E-state index in [1.54, 1.807) is 13.8 Å². The molecule has 3 N–H and O–H groups in total. The Morgan fingerprint density at radius 3 is 1.90 bits per heavy atom. The van der Waals surface area contributed by atoms with Crippen molar-refractivity contribution in [2.45, 2.75) is 25.7 Å². The normalized spacial score (nSPS) is 12.7. The number of aromatic carboxylic acids is 1. The molecule has 1 atom stereocenters. The van der Waals surface area contributed by atoms with Crippen molar-refractivity contribution in [2.24, 2.45) is 5.92 Å². The minimum absolute atomic E-state index is 0.0923. The van der Waals surface area contributed by atoms with Gasteiger partial charge in [0.05, 0.1) is 17.9 Å². The molecule has 1 aromatic carbocycles. The standard InChI is InChI=1S/C14H16O6/c1-14(2,10(13(19)20)7-11(15)16)9-5-3-8(4-6-9)12(17)18/h3-6,10H,7H2,1-2H3,(H,15,16)(H,17,18)(H,19,20)/t10-/m0/s1. The van der Waals surface area contributed by atoms with Gasteiger partial charge in [-0.25, -0.2) is 4.79 Å². The zero-order valence-electron chi connectivity index (χ0n) is 11.2. The van der Waals surface area contributed by atoms with Crippen LogP contribution >= 0.6 is 0 Å². The maximum absolute atomic E-state index is 11.3. The topological polar surface area (TPSA) is 112 Å². The van der Waals surface area contributed by atoms with Gasteiger partial charge in [-0.3, -0.25) is 9.59 Å². The molecular weight excluding hydrogens is 264 g/mol. The van der Waals surface area contributed by atoms with Crippen LogP contribution in [0.25, 0.3) is 0 Å². The van der Waals surface area contributed by atoms with Crippen molar-refractivity contribution in [3.05, 3.63) is 35.4 Å². The predicted octanol–water partition coefficient (Wildman–Crippen LogP) is 1.84. The molecule has 0 aromatic heterocycles. The first-order chi connectivity index (χ1) is 9.16. The van der Waals surface area contributed by atoms with E-state index >= 15 is 0 Å². The highest BCUT2D eigenvalue weighted by Gasteiger charge is 2.38. The van der Waals surface area contributed by atoms with Crippen LogP contribution in [0.5, 0.6) is 0 Å². The largest absolute Gasteiger partial charge is 0.481 e. The van der Waals surface area contributed by atoms with Crippen LogP contribution in [0.1, 0.15) is 36.2 Å². The van der Waals surface area contributed by atoms with Gasteiger partial charge >= 0.3 is 17.9 Å². The lowest BCUT2D eigenvalue weighted by atomic mass is 9.72. The molecule has 0 spiro atoms. The Morgan fingerprint density at radius 1 is 1.05 bits per heavy atom. The first-order valence-electron chi connectivity index (χ1n) is 5.94. The zero-order chi connectivity index (χ0) is 15.5. The fraction of sp³-hybridized carbons (Fsp3) is 0.357. The summed E-state index contributed by atoms with van der Waals surface area (Å²) >= 11 is 0. The molecule has 6 heteroatoms. The Morgan fingerprint density at radius 2 is 1.55 bits per heavy atom. The fourth-order valence-electron chi connectivity index (χ4n) is 2.07. The van der Waals surface area contributed by atoms with Gasteiger partial charge in [0.1, 0.15) is 0 Å². The van der Waals surface area contributed by atoms with Crippen LogP contribution in [0.4, 0.5) is 0 Å². The molecule has 0 bridgehead atoms. The highest BCUT2D eigenvalue weighted by Crippen LogP contribution is 2.34. The fourth-order valence-corrected chi connectivity index (χ4v) is 2.07. The number of hydrogen-bond acceptors (Lipinski definition) is 3. The molecule has 0 unspecified atom stereocenters. The lowest BCUT2D eigenvalue weighted by Gasteiger charge is -2.31. The lowest BCUT2D eigenvalue weighted by Crippen LogP contribution is -2.36. The van der Waals surface area contributed by atoms with Crippen LogP contribution in [-0.2, 0) is 15.0 Å². The van der Waals surface area contributed by atoms with Gasteiger partial charge in [-0.15, -0.1) is 0 Å². The van der Waals surface area contributed by atoms with Crippen molar-refractivity contribution in [3.8, 4) is 0 Å². The second-order valence-corrected chi connectivity index (χ2v) is 5.09. The number of rotatable bonds is 6. The van der Waals surface area contributed by atoms with Crippen LogP contribution < -0.4 is 0 Å². The highest BCUT2D eigenvalue weighted by molar-refractivity contribution is 5.87. The monoisotopic (exact) mass is 280 g/mol. The van der Waals surface area contributed by atoms with E-state index in [-0.39, 0.29) is 5.56 Å². The predicted molar refractivity (Wildman–Crippen MR) is 69.8 cm³/mol. The summed E-state index contributed by atoms with van der Waals surface area (Å²) in [6, 6.07) is 5.78. The van der Waals surface area contributed by atoms with E-state index in [0.29, 0.717) is 5.56 Å². The Kier molecular flexibility index (Phi) is 4.49. The molecule has 108 valence electrons. The molecule has 0 fully saturated rings. The maximum Gasteiger partial charge on any atom is 0.335 e. The van der Waals surface area contributed by atoms with Crippen molar-refractivity contribution in [1.82, 2.24) is 0 Å². The molecule has 0 heterocycles. The minimum Gasteiger partial charge on any atom is -0.481 e. The Labute approximate surface area is 115 Å². The summed E-state index contributed by atoms with van der Waals surface area (Å²) in [7, 11) is 0. The first kappa shape index (κ1) is 15.7. The van der Waals surface area contributed by atoms with Gasteiger partial charge in [-0.05, 0) is 17.7 Å². The van der Waals surface area contributed by atoms with Gasteiger partial charge in [-0.2, -0.15) is 0 Å². The number of carbonyl (C=O) groups is 3. The molecule has 0 amide bonds. The minimum atomic E-state index is -1.19. The van der Waals surface area contributed by atoms with Crippen LogP contribution in [0, 0.1) is 5.92 Å². The molecule has 0 radical (unpaired) electrons. The van der Waals surface area contributed by atoms with Crippen LogP contribution in [0.2, 0.25) is 0 Å². The van der Waals surface area contributed by atoms with E-state index in [1.807, 2.05) is 0 Å². The third kappa shape index (κ3) is 3.34. The molecule has 0 saturated carbocycles. The van der Waals surface area contributed by atoms with Gasteiger partial charge < -0.3 is 15.3 Å². The summed E-state index contributed by atoms with van der Waals surface area (Å²) < 4.78 is 0. The number of carboxylic acid groups (broad SMARTS) is 3. The van der Waals surface area contributed by atoms with Gasteiger partial charge in [0.25, 0.3) is 0 Å². The van der Waals surface area contributed by atoms with E-state index in [2.05, 4.69) is 0 Å². The molecule has 0 aliphatic heterocycles. The maximum atomic E-state index is 11.3. The van der Waals surface area contributed by atoms with Gasteiger partial charge in [0.15, 0.2) is 0 Å². The summed E-state index contributed by atoms with van der Waals surface area (Å²) in [4.78, 5) is 32.8. The molecule has 20 heavy (non-hydrogen) atoms. The van der Waals surface area contributed by atoms with Crippen molar-refractivity contribution in [1.29, 1.82) is 0 Å². The third-order valence-electron chi connectivity index (χ3n) is 3.42. The molecule has 0 aliphatic carbocycles. The SMILES string of the molecule is CC(C)(c1ccc(C(=O)O)cc1)[C@@H](CC(=O)O)C(=O)O. The number of benzene rings is 1. The molecular formula is C14H16O6. The average molecular weight is 280 g/mol. The smallest absolute Gasteiger partial charge is 0.335 e. The van der Waals surface area contributed by atoms with Gasteiger partial charge in [0, 0.05) is 5.41 Å². The van der Waals surface area contributed by atoms with Crippen molar-refractivity contribution < 1.29 is 29.7 Å². The summed E-state index contributed by atoms with van der Waals surface area (Å²) in [5.41, 5.74) is -0.257. The van der Waals surface area contributed by atoms with E-state index in [4.69, 9.17) is 10.2 Å². The number of aliphatic carboxylic acids is 2. The van der Waals surface area contributed by atoms with E-state index in [0.717, 1.165) is 0 Å². The third-order valence-corrected chi connectivity index (χ3v) is 3.42. The highest BCUT2D eigenvalue weighted by atomic mass is 16.4. The van der Waals surface area contributed by atoms with Crippen molar-refractivity contribution in [2.75, 3.05) is 0 Å². The molecule has 0 aliphatic rings. The van der Waals surface area contributed by atoms with E-state index in [9.17, 15) is 19.5 Å². The summed E-state index contributed by atoms with van der Waals surface area (Å²) in [6.07, 6.45) is -0.497. The van der Waals surface area contributed by atoms with Gasteiger partial charge in [0.2, 0.25) is 0 Å². The lowest BCUT2D eigenvalue weighted by molar-refractivity contribution is -0.150. The molecule has 6 nitrogen and oxygen atoms in total. The average Bonchev–Trinajstić information content (AvgIpc) is 2.35. The van der Waals surface area contributed by atoms with Crippen LogP contribution in [-0.4, -0.2) is 33.2 Å². The second-order valence-electron chi connectivity index (χ2n) is 5.09. The molecule has 0 saturated heterocycles. The van der Waals surface area contributed by atoms with Gasteiger partial charge in [-0.1, -0.05) is 26.0 Å². The summed E-state index contributed by atoms with van der Waals surface area (Å²) in [5.74, 6) is -4.56. The van der Waals surface area contributed by atoms with Crippen molar-refractivity contribution in [3.63, 3.8) is 0 Å². The zero-order valence-corrected chi connectivity index (χ0v) is 11.2. The Hall–Kier alpha value is -2.37. The van der Waals surface area contributed by atoms with Crippen LogP contribution in [0.3, 0.4) is 0 Å². The Balaban J connectivity index is 3.14. The number of carboxylic acids is 3. The molecule has 1 rings (SSSR count). The van der Waals surface area contributed by atoms with Crippen molar-refractivity contribution >= 4 is 17.9 Å².